The summed E-state index contributed by atoms with van der Waals surface area (Å²) in [5.74, 6) is 1.25. The number of aryl methyl sites for hydroxylation is 2. The third-order valence-corrected chi connectivity index (χ3v) is 5.10. The second kappa shape index (κ2) is 8.31. The lowest BCUT2D eigenvalue weighted by Crippen LogP contribution is -2.11. The van der Waals surface area contributed by atoms with E-state index in [9.17, 15) is 0 Å². The van der Waals surface area contributed by atoms with E-state index < -0.39 is 0 Å². The Morgan fingerprint density at radius 3 is 2.46 bits per heavy atom. The van der Waals surface area contributed by atoms with Gasteiger partial charge >= 0.3 is 0 Å². The van der Waals surface area contributed by atoms with Gasteiger partial charge in [-0.15, -0.1) is 0 Å². The van der Waals surface area contributed by atoms with Crippen LogP contribution in [0.1, 0.15) is 56.5 Å². The van der Waals surface area contributed by atoms with E-state index in [0.29, 0.717) is 25.1 Å². The fourth-order valence-electron chi connectivity index (χ4n) is 3.52. The molecule has 0 aliphatic carbocycles. The minimum absolute atomic E-state index is 0.371. The van der Waals surface area contributed by atoms with Crippen molar-refractivity contribution in [2.45, 2.75) is 53.5 Å². The molecule has 0 amide bonds. The minimum Gasteiger partial charge on any atom is -0.383 e. The van der Waals surface area contributed by atoms with Gasteiger partial charge in [0.15, 0.2) is 0 Å². The van der Waals surface area contributed by atoms with Crippen LogP contribution in [-0.4, -0.2) is 34.8 Å². The third kappa shape index (κ3) is 3.90. The molecule has 0 bridgehead atoms. The summed E-state index contributed by atoms with van der Waals surface area (Å²) >= 11 is 0. The van der Waals surface area contributed by atoms with Crippen LogP contribution < -0.4 is 5.32 Å². The summed E-state index contributed by atoms with van der Waals surface area (Å²) in [6, 6.07) is 6.91. The molecule has 5 heteroatoms. The molecule has 5 nitrogen and oxygen atoms in total. The molecule has 28 heavy (non-hydrogen) atoms. The number of ether oxygens (including phenoxy) is 1. The molecule has 3 rings (SSSR count). The molecule has 0 aromatic carbocycles. The Bertz CT molecular complexity index is 972. The van der Waals surface area contributed by atoms with E-state index in [2.05, 4.69) is 75.8 Å². The van der Waals surface area contributed by atoms with Gasteiger partial charge in [0, 0.05) is 37.2 Å². The molecule has 0 saturated carbocycles. The molecule has 0 aliphatic heterocycles. The Balaban J connectivity index is 2.15. The highest BCUT2D eigenvalue weighted by atomic mass is 16.5. The summed E-state index contributed by atoms with van der Waals surface area (Å²) in [6.45, 7) is 14.3. The van der Waals surface area contributed by atoms with Crippen LogP contribution in [0.4, 0.5) is 5.82 Å². The number of hydrogen-bond acceptors (Lipinski definition) is 4. The number of methoxy groups -OCH3 is 1. The molecule has 0 fully saturated rings. The Morgan fingerprint density at radius 1 is 1.07 bits per heavy atom. The molecule has 0 radical (unpaired) electrons. The Morgan fingerprint density at radius 2 is 1.82 bits per heavy atom. The summed E-state index contributed by atoms with van der Waals surface area (Å²) in [5.41, 5.74) is 7.70. The number of aromatic nitrogens is 3. The number of nitrogens with zero attached hydrogens (tertiary/aromatic N) is 3. The number of pyridine rings is 2. The monoisotopic (exact) mass is 380 g/mol. The topological polar surface area (TPSA) is 52.0 Å². The molecule has 0 aliphatic rings. The van der Waals surface area contributed by atoms with Gasteiger partial charge in [-0.3, -0.25) is 0 Å². The van der Waals surface area contributed by atoms with Crippen molar-refractivity contribution < 1.29 is 4.74 Å². The highest BCUT2D eigenvalue weighted by molar-refractivity contribution is 5.86. The maximum Gasteiger partial charge on any atom is 0.135 e. The van der Waals surface area contributed by atoms with Gasteiger partial charge in [-0.1, -0.05) is 13.8 Å². The van der Waals surface area contributed by atoms with E-state index in [4.69, 9.17) is 14.7 Å². The number of hydrogen-bond donors (Lipinski definition) is 1. The zero-order valence-corrected chi connectivity index (χ0v) is 18.1. The first-order valence-electron chi connectivity index (χ1n) is 10.1. The van der Waals surface area contributed by atoms with E-state index in [1.807, 2.05) is 0 Å². The van der Waals surface area contributed by atoms with Crippen molar-refractivity contribution >= 4 is 16.9 Å². The van der Waals surface area contributed by atoms with E-state index in [0.717, 1.165) is 33.8 Å². The summed E-state index contributed by atoms with van der Waals surface area (Å²) in [4.78, 5) is 9.96. The van der Waals surface area contributed by atoms with Crippen LogP contribution in [0.2, 0.25) is 0 Å². The molecule has 3 aromatic heterocycles. The third-order valence-electron chi connectivity index (χ3n) is 5.10. The SMILES string of the molecule is COCCNc1nc(C(C)C)ccc1-c1nc2c(C)cn(C(C)C)c2cc1C. The molecule has 3 aromatic rings. The quantitative estimate of drug-likeness (QED) is 0.552. The van der Waals surface area contributed by atoms with Crippen molar-refractivity contribution in [2.75, 3.05) is 25.6 Å². The van der Waals surface area contributed by atoms with E-state index >= 15 is 0 Å². The van der Waals surface area contributed by atoms with Gasteiger partial charge in [-0.2, -0.15) is 0 Å². The van der Waals surface area contributed by atoms with Crippen LogP contribution in [0.3, 0.4) is 0 Å². The Hall–Kier alpha value is -2.40. The van der Waals surface area contributed by atoms with Crippen LogP contribution in [0.25, 0.3) is 22.3 Å². The van der Waals surface area contributed by atoms with Crippen molar-refractivity contribution in [3.8, 4) is 11.3 Å². The van der Waals surface area contributed by atoms with Crippen LogP contribution in [-0.2, 0) is 4.74 Å². The number of fused-ring (bicyclic) bond motifs is 1. The van der Waals surface area contributed by atoms with Gasteiger partial charge < -0.3 is 14.6 Å². The summed E-state index contributed by atoms with van der Waals surface area (Å²) in [7, 11) is 1.71. The van der Waals surface area contributed by atoms with Crippen molar-refractivity contribution in [1.82, 2.24) is 14.5 Å². The standard InChI is InChI=1S/C23H32N4O/c1-14(2)19-9-8-18(23(25-19)24-10-11-28-7)21-16(5)12-20-22(26-21)17(6)13-27(20)15(3)4/h8-9,12-15H,10-11H2,1-7H3,(H,24,25). The maximum atomic E-state index is 5.20. The first-order chi connectivity index (χ1) is 13.3. The molecule has 1 N–H and O–H groups in total. The zero-order chi connectivity index (χ0) is 20.4. The van der Waals surface area contributed by atoms with Gasteiger partial charge in [0.25, 0.3) is 0 Å². The lowest BCUT2D eigenvalue weighted by atomic mass is 10.0. The predicted molar refractivity (Wildman–Crippen MR) is 117 cm³/mol. The minimum atomic E-state index is 0.371. The summed E-state index contributed by atoms with van der Waals surface area (Å²) < 4.78 is 7.50. The van der Waals surface area contributed by atoms with Gasteiger partial charge in [0.2, 0.25) is 0 Å². The predicted octanol–water partition coefficient (Wildman–Crippen LogP) is 5.48. The lowest BCUT2D eigenvalue weighted by molar-refractivity contribution is 0.210. The van der Waals surface area contributed by atoms with Crippen LogP contribution in [0.5, 0.6) is 0 Å². The molecular formula is C23H32N4O. The lowest BCUT2D eigenvalue weighted by Gasteiger charge is -2.16. The van der Waals surface area contributed by atoms with E-state index in [1.54, 1.807) is 7.11 Å². The van der Waals surface area contributed by atoms with Crippen LogP contribution in [0.15, 0.2) is 24.4 Å². The van der Waals surface area contributed by atoms with Crippen molar-refractivity contribution in [3.05, 3.63) is 41.2 Å². The molecular weight excluding hydrogens is 348 g/mol. The van der Waals surface area contributed by atoms with Crippen molar-refractivity contribution in [2.24, 2.45) is 0 Å². The number of rotatable bonds is 7. The van der Waals surface area contributed by atoms with Crippen LogP contribution >= 0.6 is 0 Å². The van der Waals surface area contributed by atoms with Gasteiger partial charge in [0.1, 0.15) is 5.82 Å². The second-order valence-corrected chi connectivity index (χ2v) is 8.04. The van der Waals surface area contributed by atoms with Crippen molar-refractivity contribution in [1.29, 1.82) is 0 Å². The van der Waals surface area contributed by atoms with Crippen LogP contribution in [0, 0.1) is 13.8 Å². The number of anilines is 1. The van der Waals surface area contributed by atoms with E-state index in [1.165, 1.54) is 11.1 Å². The molecule has 3 heterocycles. The average Bonchev–Trinajstić information content (AvgIpc) is 2.97. The molecule has 0 spiro atoms. The van der Waals surface area contributed by atoms with E-state index in [-0.39, 0.29) is 0 Å². The van der Waals surface area contributed by atoms with Crippen molar-refractivity contribution in [3.63, 3.8) is 0 Å². The fraction of sp³-hybridized carbons (Fsp3) is 0.478. The van der Waals surface area contributed by atoms with Gasteiger partial charge in [0.05, 0.1) is 23.3 Å². The maximum absolute atomic E-state index is 5.20. The fourth-order valence-corrected chi connectivity index (χ4v) is 3.52. The highest BCUT2D eigenvalue weighted by Gasteiger charge is 2.17. The molecule has 0 atom stereocenters. The Labute approximate surface area is 168 Å². The first kappa shape index (κ1) is 20.3. The Kier molecular flexibility index (Phi) is 6.04. The molecule has 0 unspecified atom stereocenters. The van der Waals surface area contributed by atoms with Gasteiger partial charge in [-0.25, -0.2) is 9.97 Å². The molecule has 150 valence electrons. The summed E-state index contributed by atoms with van der Waals surface area (Å²) in [5, 5.41) is 3.44. The smallest absolute Gasteiger partial charge is 0.135 e. The largest absolute Gasteiger partial charge is 0.383 e. The first-order valence-corrected chi connectivity index (χ1v) is 10.1. The second-order valence-electron chi connectivity index (χ2n) is 8.04. The summed E-state index contributed by atoms with van der Waals surface area (Å²) in [6.07, 6.45) is 2.20. The zero-order valence-electron chi connectivity index (χ0n) is 18.1. The normalized spacial score (nSPS) is 11.8. The van der Waals surface area contributed by atoms with Gasteiger partial charge in [-0.05, 0) is 62.9 Å². The number of nitrogens with one attached hydrogen (secondary N) is 1. The average molecular weight is 381 g/mol. The highest BCUT2D eigenvalue weighted by Crippen LogP contribution is 2.33. The molecule has 0 saturated heterocycles.